The maximum absolute atomic E-state index is 13.1. The van der Waals surface area contributed by atoms with Gasteiger partial charge >= 0.3 is 24.5 Å². The lowest BCUT2D eigenvalue weighted by molar-refractivity contribution is -0.274. The number of carbonyl (C=O) groups is 2. The number of esters is 1. The fourth-order valence-electron chi connectivity index (χ4n) is 3.41. The lowest BCUT2D eigenvalue weighted by Crippen LogP contribution is -2.42. The molecule has 1 atom stereocenters. The van der Waals surface area contributed by atoms with Gasteiger partial charge in [0.25, 0.3) is 0 Å². The number of benzene rings is 2. The Morgan fingerprint density at radius 1 is 1.11 bits per heavy atom. The minimum absolute atomic E-state index is 0.00594. The Bertz CT molecular complexity index is 1180. The van der Waals surface area contributed by atoms with Crippen molar-refractivity contribution in [2.24, 2.45) is 10.5 Å². The fourth-order valence-corrected chi connectivity index (χ4v) is 3.69. The van der Waals surface area contributed by atoms with E-state index >= 15 is 0 Å². The van der Waals surface area contributed by atoms with Gasteiger partial charge in [-0.3, -0.25) is 4.79 Å². The van der Waals surface area contributed by atoms with E-state index in [0.717, 1.165) is 47.5 Å². The minimum atomic E-state index is -4.88. The fraction of sp³-hybridized carbons (Fsp3) is 0.318. The molecule has 194 valence electrons. The van der Waals surface area contributed by atoms with Crippen molar-refractivity contribution in [2.45, 2.75) is 26.4 Å². The van der Waals surface area contributed by atoms with Crippen molar-refractivity contribution in [3.63, 3.8) is 0 Å². The summed E-state index contributed by atoms with van der Waals surface area (Å²) in [4.78, 5) is 25.6. The van der Waals surface area contributed by atoms with Crippen molar-refractivity contribution in [2.75, 3.05) is 18.5 Å². The molecule has 1 heterocycles. The summed E-state index contributed by atoms with van der Waals surface area (Å²) in [6.07, 6.45) is -9.59. The van der Waals surface area contributed by atoms with Crippen molar-refractivity contribution < 1.29 is 45.4 Å². The number of halogens is 7. The Morgan fingerprint density at radius 2 is 1.75 bits per heavy atom. The van der Waals surface area contributed by atoms with Crippen LogP contribution in [0.1, 0.15) is 25.0 Å². The van der Waals surface area contributed by atoms with Gasteiger partial charge in [-0.15, -0.1) is 13.2 Å². The average molecular weight is 538 g/mol. The predicted octanol–water partition coefficient (Wildman–Crippen LogP) is 6.08. The van der Waals surface area contributed by atoms with E-state index < -0.39 is 46.3 Å². The van der Waals surface area contributed by atoms with Gasteiger partial charge in [-0.05, 0) is 50.2 Å². The highest BCUT2D eigenvalue weighted by molar-refractivity contribution is 6.32. The Morgan fingerprint density at radius 3 is 2.28 bits per heavy atom. The number of urea groups is 1. The second-order valence-electron chi connectivity index (χ2n) is 7.75. The van der Waals surface area contributed by atoms with Crippen LogP contribution in [0.3, 0.4) is 0 Å². The van der Waals surface area contributed by atoms with Crippen molar-refractivity contribution in [3.05, 3.63) is 58.6 Å². The maximum Gasteiger partial charge on any atom is 0.573 e. The van der Waals surface area contributed by atoms with Crippen LogP contribution in [0.5, 0.6) is 5.75 Å². The van der Waals surface area contributed by atoms with Crippen LogP contribution in [-0.2, 0) is 15.7 Å². The zero-order chi connectivity index (χ0) is 26.9. The van der Waals surface area contributed by atoms with Crippen LogP contribution < -0.4 is 10.1 Å². The van der Waals surface area contributed by atoms with E-state index in [-0.39, 0.29) is 30.1 Å². The SMILES string of the molecule is CCOC(=O)C1(C)CN(C(=O)Nc2ccc(OC(F)(F)F)cc2)N=C1c1ccc(C(F)(F)F)c(Cl)c1. The van der Waals surface area contributed by atoms with Crippen LogP contribution in [0.4, 0.5) is 36.8 Å². The monoisotopic (exact) mass is 537 g/mol. The van der Waals surface area contributed by atoms with E-state index in [2.05, 4.69) is 15.2 Å². The van der Waals surface area contributed by atoms with E-state index in [1.54, 1.807) is 6.92 Å². The summed E-state index contributed by atoms with van der Waals surface area (Å²) in [5.41, 5.74) is -2.54. The topological polar surface area (TPSA) is 80.2 Å². The lowest BCUT2D eigenvalue weighted by atomic mass is 9.82. The largest absolute Gasteiger partial charge is 0.573 e. The Balaban J connectivity index is 1.89. The highest BCUT2D eigenvalue weighted by Crippen LogP contribution is 2.38. The van der Waals surface area contributed by atoms with Gasteiger partial charge in [0.05, 0.1) is 29.4 Å². The second-order valence-corrected chi connectivity index (χ2v) is 8.16. The quantitative estimate of drug-likeness (QED) is 0.370. The number of alkyl halides is 6. The second kappa shape index (κ2) is 9.88. The molecular weight excluding hydrogens is 520 g/mol. The number of hydrogen-bond acceptors (Lipinski definition) is 5. The summed E-state index contributed by atoms with van der Waals surface area (Å²) < 4.78 is 85.1. The maximum atomic E-state index is 13.1. The molecule has 0 aromatic heterocycles. The third-order valence-electron chi connectivity index (χ3n) is 5.06. The van der Waals surface area contributed by atoms with Gasteiger partial charge in [-0.1, -0.05) is 17.7 Å². The molecule has 36 heavy (non-hydrogen) atoms. The first-order chi connectivity index (χ1) is 16.6. The number of rotatable bonds is 5. The first-order valence-electron chi connectivity index (χ1n) is 10.2. The number of hydrogen-bond donors (Lipinski definition) is 1. The standard InChI is InChI=1S/C22H18ClF6N3O4/c1-3-35-18(33)20(2)11-32(19(34)30-13-5-7-14(8-6-13)36-22(27,28)29)31-17(20)12-4-9-15(16(23)10-12)21(24,25)26/h4-10H,3,11H2,1-2H3,(H,30,34). The molecule has 2 aromatic carbocycles. The van der Waals surface area contributed by atoms with E-state index in [1.807, 2.05) is 0 Å². The predicted molar refractivity (Wildman–Crippen MR) is 117 cm³/mol. The van der Waals surface area contributed by atoms with Gasteiger partial charge in [-0.2, -0.15) is 18.3 Å². The molecule has 1 aliphatic heterocycles. The highest BCUT2D eigenvalue weighted by atomic mass is 35.5. The molecule has 2 amide bonds. The number of anilines is 1. The van der Waals surface area contributed by atoms with E-state index in [4.69, 9.17) is 16.3 Å². The molecule has 0 aliphatic carbocycles. The number of nitrogens with zero attached hydrogens (tertiary/aromatic N) is 2. The smallest absolute Gasteiger partial charge is 0.465 e. The molecule has 1 N–H and O–H groups in total. The van der Waals surface area contributed by atoms with Gasteiger partial charge in [0, 0.05) is 11.3 Å². The van der Waals surface area contributed by atoms with Gasteiger partial charge in [0.1, 0.15) is 11.2 Å². The minimum Gasteiger partial charge on any atom is -0.465 e. The molecule has 0 radical (unpaired) electrons. The van der Waals surface area contributed by atoms with Gasteiger partial charge in [0.2, 0.25) is 0 Å². The summed E-state index contributed by atoms with van der Waals surface area (Å²) in [5, 5.41) is 6.78. The molecule has 0 bridgehead atoms. The molecule has 7 nitrogen and oxygen atoms in total. The van der Waals surface area contributed by atoms with Crippen molar-refractivity contribution in [3.8, 4) is 5.75 Å². The third kappa shape index (κ3) is 6.01. The van der Waals surface area contributed by atoms with Crippen LogP contribution in [0, 0.1) is 5.41 Å². The Labute approximate surface area is 205 Å². The highest BCUT2D eigenvalue weighted by Gasteiger charge is 2.49. The zero-order valence-corrected chi connectivity index (χ0v) is 19.4. The zero-order valence-electron chi connectivity index (χ0n) is 18.6. The van der Waals surface area contributed by atoms with Crippen molar-refractivity contribution >= 4 is 35.0 Å². The normalized spacial score (nSPS) is 18.0. The van der Waals surface area contributed by atoms with E-state index in [0.29, 0.717) is 0 Å². The van der Waals surface area contributed by atoms with Crippen molar-refractivity contribution in [1.29, 1.82) is 0 Å². The summed E-state index contributed by atoms with van der Waals surface area (Å²) in [5.74, 6) is -1.28. The number of nitrogens with one attached hydrogen (secondary N) is 1. The van der Waals surface area contributed by atoms with Crippen LogP contribution in [-0.4, -0.2) is 42.2 Å². The summed E-state index contributed by atoms with van der Waals surface area (Å²) >= 11 is 5.82. The molecule has 0 saturated heterocycles. The number of carbonyl (C=O) groups excluding carboxylic acids is 2. The van der Waals surface area contributed by atoms with E-state index in [1.165, 1.54) is 6.92 Å². The molecule has 0 saturated carbocycles. The van der Waals surface area contributed by atoms with Crippen LogP contribution >= 0.6 is 11.6 Å². The molecule has 2 aromatic rings. The Hall–Kier alpha value is -3.48. The molecule has 1 aliphatic rings. The van der Waals surface area contributed by atoms with Gasteiger partial charge < -0.3 is 14.8 Å². The van der Waals surface area contributed by atoms with Crippen molar-refractivity contribution in [1.82, 2.24) is 5.01 Å². The van der Waals surface area contributed by atoms with Crippen LogP contribution in [0.25, 0.3) is 0 Å². The first kappa shape index (κ1) is 27.1. The summed E-state index contributed by atoms with van der Waals surface area (Å²) in [7, 11) is 0. The van der Waals surface area contributed by atoms with Gasteiger partial charge in [-0.25, -0.2) is 9.80 Å². The van der Waals surface area contributed by atoms with Crippen LogP contribution in [0.2, 0.25) is 5.02 Å². The summed E-state index contributed by atoms with van der Waals surface area (Å²) in [6, 6.07) is 6.21. The molecule has 0 fully saturated rings. The number of amides is 2. The van der Waals surface area contributed by atoms with E-state index in [9.17, 15) is 35.9 Å². The molecular formula is C22H18ClF6N3O4. The molecule has 1 unspecified atom stereocenters. The third-order valence-corrected chi connectivity index (χ3v) is 5.37. The number of hydrazone groups is 1. The summed E-state index contributed by atoms with van der Waals surface area (Å²) in [6.45, 7) is 2.62. The molecule has 3 rings (SSSR count). The number of ether oxygens (including phenoxy) is 2. The lowest BCUT2D eigenvalue weighted by Gasteiger charge is -2.24. The molecule has 0 spiro atoms. The first-order valence-corrected chi connectivity index (χ1v) is 10.6. The Kier molecular flexibility index (Phi) is 7.44. The molecule has 14 heteroatoms. The van der Waals surface area contributed by atoms with Gasteiger partial charge in [0.15, 0.2) is 0 Å². The van der Waals surface area contributed by atoms with Crippen LogP contribution in [0.15, 0.2) is 47.6 Å². The average Bonchev–Trinajstić information content (AvgIpc) is 3.12.